The largest absolute Gasteiger partial charge is 0.373 e. The molecule has 0 aromatic heterocycles. The van der Waals surface area contributed by atoms with Gasteiger partial charge < -0.3 is 15.1 Å². The number of hydrogen-bond acceptors (Lipinski definition) is 3. The van der Waals surface area contributed by atoms with Crippen LogP contribution in [0, 0.1) is 5.82 Å². The Labute approximate surface area is 110 Å². The first-order valence-corrected chi connectivity index (χ1v) is 6.42. The van der Waals surface area contributed by atoms with Crippen molar-refractivity contribution in [1.29, 1.82) is 0 Å². The van der Waals surface area contributed by atoms with Crippen LogP contribution in [0.4, 0.5) is 10.1 Å². The topological polar surface area (TPSA) is 18.5 Å². The SMILES string of the molecule is CN(C)CCCNCCN(C)c1ccc(F)cc1. The van der Waals surface area contributed by atoms with Crippen molar-refractivity contribution in [2.75, 3.05) is 52.2 Å². The Kier molecular flexibility index (Phi) is 6.68. The molecular formula is C14H24FN3. The van der Waals surface area contributed by atoms with Crippen LogP contribution in [0.15, 0.2) is 24.3 Å². The third-order valence-electron chi connectivity index (χ3n) is 2.85. The zero-order chi connectivity index (χ0) is 13.4. The van der Waals surface area contributed by atoms with Gasteiger partial charge in [-0.3, -0.25) is 0 Å². The van der Waals surface area contributed by atoms with Crippen molar-refractivity contribution in [2.24, 2.45) is 0 Å². The number of likely N-dealkylation sites (N-methyl/N-ethyl adjacent to an activating group) is 1. The van der Waals surface area contributed by atoms with Crippen LogP contribution in [0.2, 0.25) is 0 Å². The van der Waals surface area contributed by atoms with Crippen molar-refractivity contribution < 1.29 is 4.39 Å². The van der Waals surface area contributed by atoms with Crippen LogP contribution < -0.4 is 10.2 Å². The quantitative estimate of drug-likeness (QED) is 0.713. The summed E-state index contributed by atoms with van der Waals surface area (Å²) in [6.45, 7) is 4.02. The van der Waals surface area contributed by atoms with Crippen LogP contribution in [-0.4, -0.2) is 52.2 Å². The molecule has 18 heavy (non-hydrogen) atoms. The van der Waals surface area contributed by atoms with Gasteiger partial charge >= 0.3 is 0 Å². The highest BCUT2D eigenvalue weighted by molar-refractivity contribution is 5.45. The van der Waals surface area contributed by atoms with E-state index in [1.54, 1.807) is 12.1 Å². The maximum Gasteiger partial charge on any atom is 0.123 e. The Hall–Kier alpha value is -1.13. The van der Waals surface area contributed by atoms with E-state index < -0.39 is 0 Å². The Morgan fingerprint density at radius 3 is 2.28 bits per heavy atom. The average Bonchev–Trinajstić information content (AvgIpc) is 2.34. The van der Waals surface area contributed by atoms with Crippen molar-refractivity contribution in [3.05, 3.63) is 30.1 Å². The summed E-state index contributed by atoms with van der Waals surface area (Å²) in [7, 11) is 6.19. The van der Waals surface area contributed by atoms with Gasteiger partial charge in [0.1, 0.15) is 5.82 Å². The maximum atomic E-state index is 12.8. The first-order valence-electron chi connectivity index (χ1n) is 6.42. The maximum absolute atomic E-state index is 12.8. The summed E-state index contributed by atoms with van der Waals surface area (Å²) in [5.41, 5.74) is 1.05. The third kappa shape index (κ3) is 5.98. The van der Waals surface area contributed by atoms with Gasteiger partial charge in [0, 0.05) is 25.8 Å². The second-order valence-corrected chi connectivity index (χ2v) is 4.80. The molecule has 3 nitrogen and oxygen atoms in total. The van der Waals surface area contributed by atoms with Gasteiger partial charge in [0.2, 0.25) is 0 Å². The molecule has 0 spiro atoms. The molecule has 0 fully saturated rings. The van der Waals surface area contributed by atoms with Crippen LogP contribution >= 0.6 is 0 Å². The standard InChI is InChI=1S/C14H24FN3/c1-17(2)11-4-9-16-10-12-18(3)14-7-5-13(15)6-8-14/h5-8,16H,4,9-12H2,1-3H3. The molecule has 1 rings (SSSR count). The third-order valence-corrected chi connectivity index (χ3v) is 2.85. The number of rotatable bonds is 8. The fraction of sp³-hybridized carbons (Fsp3) is 0.571. The van der Waals surface area contributed by atoms with E-state index in [4.69, 9.17) is 0 Å². The lowest BCUT2D eigenvalue weighted by atomic mass is 10.3. The van der Waals surface area contributed by atoms with Crippen molar-refractivity contribution in [2.45, 2.75) is 6.42 Å². The molecule has 0 unspecified atom stereocenters. The van der Waals surface area contributed by atoms with Gasteiger partial charge in [0.15, 0.2) is 0 Å². The van der Waals surface area contributed by atoms with Gasteiger partial charge in [0.25, 0.3) is 0 Å². The summed E-state index contributed by atoms with van der Waals surface area (Å²) < 4.78 is 12.8. The Bertz CT molecular complexity index is 324. The van der Waals surface area contributed by atoms with E-state index in [1.807, 2.05) is 7.05 Å². The molecule has 0 atom stereocenters. The van der Waals surface area contributed by atoms with E-state index in [2.05, 4.69) is 29.2 Å². The van der Waals surface area contributed by atoms with E-state index in [1.165, 1.54) is 12.1 Å². The lowest BCUT2D eigenvalue weighted by Gasteiger charge is -2.19. The van der Waals surface area contributed by atoms with Gasteiger partial charge in [0.05, 0.1) is 0 Å². The molecule has 1 aromatic carbocycles. The zero-order valence-electron chi connectivity index (χ0n) is 11.6. The molecule has 0 saturated carbocycles. The van der Waals surface area contributed by atoms with Crippen LogP contribution in [0.5, 0.6) is 0 Å². The van der Waals surface area contributed by atoms with E-state index in [0.717, 1.165) is 38.3 Å². The molecule has 102 valence electrons. The molecule has 0 aliphatic heterocycles. The number of nitrogens with zero attached hydrogens (tertiary/aromatic N) is 2. The van der Waals surface area contributed by atoms with Crippen molar-refractivity contribution >= 4 is 5.69 Å². The molecule has 0 heterocycles. The number of nitrogens with one attached hydrogen (secondary N) is 1. The highest BCUT2D eigenvalue weighted by atomic mass is 19.1. The number of halogens is 1. The smallest absolute Gasteiger partial charge is 0.123 e. The van der Waals surface area contributed by atoms with Crippen LogP contribution in [0.1, 0.15) is 6.42 Å². The molecule has 0 aliphatic carbocycles. The predicted octanol–water partition coefficient (Wildman–Crippen LogP) is 1.80. The van der Waals surface area contributed by atoms with Crippen molar-refractivity contribution in [3.8, 4) is 0 Å². The second kappa shape index (κ2) is 8.06. The normalized spacial score (nSPS) is 10.9. The number of anilines is 1. The van der Waals surface area contributed by atoms with Gasteiger partial charge in [-0.15, -0.1) is 0 Å². The summed E-state index contributed by atoms with van der Waals surface area (Å²) >= 11 is 0. The van der Waals surface area contributed by atoms with Crippen LogP contribution in [0.25, 0.3) is 0 Å². The van der Waals surface area contributed by atoms with Crippen LogP contribution in [0.3, 0.4) is 0 Å². The molecular weight excluding hydrogens is 229 g/mol. The molecule has 4 heteroatoms. The van der Waals surface area contributed by atoms with E-state index in [-0.39, 0.29) is 5.82 Å². The predicted molar refractivity (Wildman–Crippen MR) is 75.7 cm³/mol. The first kappa shape index (κ1) is 14.9. The van der Waals surface area contributed by atoms with E-state index in [0.29, 0.717) is 0 Å². The molecule has 0 radical (unpaired) electrons. The highest BCUT2D eigenvalue weighted by Gasteiger charge is 2.00. The molecule has 1 N–H and O–H groups in total. The summed E-state index contributed by atoms with van der Waals surface area (Å²) in [6, 6.07) is 6.61. The molecule has 0 bridgehead atoms. The summed E-state index contributed by atoms with van der Waals surface area (Å²) in [4.78, 5) is 4.31. The molecule has 1 aromatic rings. The highest BCUT2D eigenvalue weighted by Crippen LogP contribution is 2.12. The minimum absolute atomic E-state index is 0.186. The monoisotopic (exact) mass is 253 g/mol. The van der Waals surface area contributed by atoms with Gasteiger partial charge in [-0.05, 0) is 57.9 Å². The molecule has 0 saturated heterocycles. The first-order chi connectivity index (χ1) is 8.59. The summed E-state index contributed by atoms with van der Waals surface area (Å²) in [6.07, 6.45) is 1.16. The Morgan fingerprint density at radius 1 is 1.00 bits per heavy atom. The fourth-order valence-corrected chi connectivity index (χ4v) is 1.72. The lowest BCUT2D eigenvalue weighted by molar-refractivity contribution is 0.395. The van der Waals surface area contributed by atoms with E-state index in [9.17, 15) is 4.39 Å². The average molecular weight is 253 g/mol. The van der Waals surface area contributed by atoms with E-state index >= 15 is 0 Å². The minimum atomic E-state index is -0.186. The molecule has 0 aliphatic rings. The zero-order valence-corrected chi connectivity index (χ0v) is 11.6. The lowest BCUT2D eigenvalue weighted by Crippen LogP contribution is -2.30. The van der Waals surface area contributed by atoms with Gasteiger partial charge in [-0.1, -0.05) is 0 Å². The second-order valence-electron chi connectivity index (χ2n) is 4.80. The fourth-order valence-electron chi connectivity index (χ4n) is 1.72. The number of benzene rings is 1. The minimum Gasteiger partial charge on any atom is -0.373 e. The summed E-state index contributed by atoms with van der Waals surface area (Å²) in [5, 5.41) is 3.41. The Balaban J connectivity index is 2.13. The van der Waals surface area contributed by atoms with Gasteiger partial charge in [-0.25, -0.2) is 4.39 Å². The van der Waals surface area contributed by atoms with Crippen LogP contribution in [-0.2, 0) is 0 Å². The van der Waals surface area contributed by atoms with Gasteiger partial charge in [-0.2, -0.15) is 0 Å². The summed E-state index contributed by atoms with van der Waals surface area (Å²) in [5.74, 6) is -0.186. The van der Waals surface area contributed by atoms with Crippen molar-refractivity contribution in [3.63, 3.8) is 0 Å². The van der Waals surface area contributed by atoms with Crippen molar-refractivity contribution in [1.82, 2.24) is 10.2 Å². The molecule has 0 amide bonds. The Morgan fingerprint density at radius 2 is 1.67 bits per heavy atom. The number of hydrogen-bond donors (Lipinski definition) is 1.